The van der Waals surface area contributed by atoms with Gasteiger partial charge in [0.1, 0.15) is 12.2 Å². The standard InChI is InChI=1S/C27H42F2O5/c1-5-6-7-9-20-10-12-21(13-11-20)22-14-15-23(25(29)24(22)28)32-19-18-31-16-8-17-33-26(30)34-27(2,3)4/h14-15,20-21H,5-13,16-19H2,1-4H3/t20-,21-. The molecule has 0 N–H and O–H groups in total. The minimum absolute atomic E-state index is 0.0807. The zero-order valence-electron chi connectivity index (χ0n) is 21.3. The Morgan fingerprint density at radius 1 is 0.941 bits per heavy atom. The van der Waals surface area contributed by atoms with Crippen LogP contribution in [0.5, 0.6) is 5.75 Å². The van der Waals surface area contributed by atoms with Crippen LogP contribution >= 0.6 is 0 Å². The van der Waals surface area contributed by atoms with E-state index < -0.39 is 23.4 Å². The first-order chi connectivity index (χ1) is 16.2. The smallest absolute Gasteiger partial charge is 0.488 e. The number of unbranched alkanes of at least 4 members (excludes halogenated alkanes) is 2. The van der Waals surface area contributed by atoms with E-state index in [1.54, 1.807) is 26.8 Å². The van der Waals surface area contributed by atoms with Crippen molar-refractivity contribution in [2.24, 2.45) is 5.92 Å². The van der Waals surface area contributed by atoms with Gasteiger partial charge in [-0.2, -0.15) is 4.39 Å². The Hall–Kier alpha value is -1.89. The molecule has 0 radical (unpaired) electrons. The highest BCUT2D eigenvalue weighted by Crippen LogP contribution is 2.40. The predicted molar refractivity (Wildman–Crippen MR) is 128 cm³/mol. The van der Waals surface area contributed by atoms with Crippen molar-refractivity contribution in [2.75, 3.05) is 26.4 Å². The first-order valence-corrected chi connectivity index (χ1v) is 12.8. The van der Waals surface area contributed by atoms with Crippen LogP contribution in [-0.2, 0) is 14.2 Å². The van der Waals surface area contributed by atoms with Crippen molar-refractivity contribution in [3.8, 4) is 5.75 Å². The molecular weight excluding hydrogens is 442 g/mol. The Balaban J connectivity index is 1.65. The van der Waals surface area contributed by atoms with Gasteiger partial charge in [0.2, 0.25) is 5.82 Å². The van der Waals surface area contributed by atoms with Crippen LogP contribution in [0.4, 0.5) is 13.6 Å². The molecule has 194 valence electrons. The average Bonchev–Trinajstić information content (AvgIpc) is 2.78. The Bertz CT molecular complexity index is 739. The Labute approximate surface area is 203 Å². The molecule has 0 aromatic heterocycles. The molecule has 1 aliphatic rings. The third kappa shape index (κ3) is 10.2. The predicted octanol–water partition coefficient (Wildman–Crippen LogP) is 7.56. The lowest BCUT2D eigenvalue weighted by Crippen LogP contribution is -2.24. The van der Waals surface area contributed by atoms with Gasteiger partial charge in [-0.15, -0.1) is 0 Å². The van der Waals surface area contributed by atoms with Crippen molar-refractivity contribution in [1.82, 2.24) is 0 Å². The van der Waals surface area contributed by atoms with Gasteiger partial charge in [-0.1, -0.05) is 38.7 Å². The van der Waals surface area contributed by atoms with Gasteiger partial charge in [0.05, 0.1) is 13.2 Å². The van der Waals surface area contributed by atoms with Crippen molar-refractivity contribution in [1.29, 1.82) is 0 Å². The summed E-state index contributed by atoms with van der Waals surface area (Å²) in [5.41, 5.74) is -0.122. The SMILES string of the molecule is CCCCC[C@H]1CC[C@H](c2ccc(OCCOCCCOC(=O)OC(C)(C)C)c(F)c2F)CC1. The number of hydrogen-bond acceptors (Lipinski definition) is 5. The van der Waals surface area contributed by atoms with Gasteiger partial charge < -0.3 is 18.9 Å². The van der Waals surface area contributed by atoms with Crippen molar-refractivity contribution >= 4 is 6.16 Å². The van der Waals surface area contributed by atoms with Gasteiger partial charge >= 0.3 is 6.16 Å². The fraction of sp³-hybridized carbons (Fsp3) is 0.741. The van der Waals surface area contributed by atoms with E-state index in [0.29, 0.717) is 18.6 Å². The topological polar surface area (TPSA) is 54.0 Å². The molecule has 0 aliphatic heterocycles. The molecule has 0 unspecified atom stereocenters. The summed E-state index contributed by atoms with van der Waals surface area (Å²) in [5.74, 6) is -0.994. The van der Waals surface area contributed by atoms with Gasteiger partial charge in [0, 0.05) is 13.0 Å². The number of halogens is 2. The van der Waals surface area contributed by atoms with Crippen molar-refractivity contribution in [2.45, 2.75) is 97.0 Å². The molecule has 2 rings (SSSR count). The largest absolute Gasteiger partial charge is 0.508 e. The van der Waals surface area contributed by atoms with Crippen LogP contribution in [0, 0.1) is 17.6 Å². The first-order valence-electron chi connectivity index (χ1n) is 12.8. The summed E-state index contributed by atoms with van der Waals surface area (Å²) < 4.78 is 50.1. The molecule has 1 saturated carbocycles. The summed E-state index contributed by atoms with van der Waals surface area (Å²) in [5, 5.41) is 0. The van der Waals surface area contributed by atoms with Crippen molar-refractivity contribution < 1.29 is 32.5 Å². The number of carbonyl (C=O) groups excluding carboxylic acids is 1. The highest BCUT2D eigenvalue weighted by atomic mass is 19.2. The van der Waals surface area contributed by atoms with Gasteiger partial charge in [-0.05, 0) is 69.9 Å². The van der Waals surface area contributed by atoms with E-state index in [0.717, 1.165) is 31.6 Å². The van der Waals surface area contributed by atoms with Crippen LogP contribution in [-0.4, -0.2) is 38.2 Å². The second-order valence-electron chi connectivity index (χ2n) is 10.1. The lowest BCUT2D eigenvalue weighted by Gasteiger charge is -2.29. The summed E-state index contributed by atoms with van der Waals surface area (Å²) in [6.07, 6.45) is 8.82. The van der Waals surface area contributed by atoms with Crippen LogP contribution in [0.3, 0.4) is 0 Å². The van der Waals surface area contributed by atoms with Crippen LogP contribution in [0.25, 0.3) is 0 Å². The van der Waals surface area contributed by atoms with E-state index in [1.165, 1.54) is 31.7 Å². The minimum Gasteiger partial charge on any atom is -0.488 e. The highest BCUT2D eigenvalue weighted by molar-refractivity contribution is 5.60. The molecule has 0 amide bonds. The molecule has 0 saturated heterocycles. The summed E-state index contributed by atoms with van der Waals surface area (Å²) in [6, 6.07) is 3.19. The van der Waals surface area contributed by atoms with Crippen LogP contribution in [0.2, 0.25) is 0 Å². The number of rotatable bonds is 13. The van der Waals surface area contributed by atoms with Crippen LogP contribution in [0.15, 0.2) is 12.1 Å². The monoisotopic (exact) mass is 484 g/mol. The maximum atomic E-state index is 14.7. The fourth-order valence-corrected chi connectivity index (χ4v) is 4.33. The molecule has 1 aliphatic carbocycles. The molecule has 5 nitrogen and oxygen atoms in total. The fourth-order valence-electron chi connectivity index (χ4n) is 4.33. The van der Waals surface area contributed by atoms with E-state index >= 15 is 0 Å². The number of ether oxygens (including phenoxy) is 4. The van der Waals surface area contributed by atoms with Crippen molar-refractivity contribution in [3.05, 3.63) is 29.3 Å². The molecule has 0 bridgehead atoms. The average molecular weight is 485 g/mol. The van der Waals surface area contributed by atoms with Crippen molar-refractivity contribution in [3.63, 3.8) is 0 Å². The van der Waals surface area contributed by atoms with E-state index in [1.807, 2.05) is 0 Å². The van der Waals surface area contributed by atoms with Gasteiger partial charge in [-0.25, -0.2) is 9.18 Å². The number of hydrogen-bond donors (Lipinski definition) is 0. The summed E-state index contributed by atoms with van der Waals surface area (Å²) in [6.45, 7) is 8.35. The first kappa shape index (κ1) is 28.3. The molecule has 7 heteroatoms. The third-order valence-corrected chi connectivity index (χ3v) is 6.11. The number of benzene rings is 1. The van der Waals surface area contributed by atoms with Crippen LogP contribution < -0.4 is 4.74 Å². The second-order valence-corrected chi connectivity index (χ2v) is 10.1. The van der Waals surface area contributed by atoms with E-state index in [-0.39, 0.29) is 31.5 Å². The Kier molecular flexibility index (Phi) is 12.1. The Morgan fingerprint density at radius 2 is 1.68 bits per heavy atom. The molecule has 1 aromatic carbocycles. The highest BCUT2D eigenvalue weighted by Gasteiger charge is 2.26. The molecular formula is C27H42F2O5. The zero-order valence-corrected chi connectivity index (χ0v) is 21.3. The summed E-state index contributed by atoms with van der Waals surface area (Å²) in [4.78, 5) is 11.4. The zero-order chi connectivity index (χ0) is 25.0. The molecule has 0 spiro atoms. The molecule has 0 atom stereocenters. The Morgan fingerprint density at radius 3 is 2.35 bits per heavy atom. The molecule has 0 heterocycles. The number of carbonyl (C=O) groups is 1. The summed E-state index contributed by atoms with van der Waals surface area (Å²) in [7, 11) is 0. The lowest BCUT2D eigenvalue weighted by molar-refractivity contribution is -0.0110. The maximum Gasteiger partial charge on any atom is 0.508 e. The normalized spacial score (nSPS) is 18.5. The summed E-state index contributed by atoms with van der Waals surface area (Å²) >= 11 is 0. The second kappa shape index (κ2) is 14.5. The van der Waals surface area contributed by atoms with Gasteiger partial charge in [0.25, 0.3) is 0 Å². The van der Waals surface area contributed by atoms with Crippen LogP contribution in [0.1, 0.15) is 97.0 Å². The van der Waals surface area contributed by atoms with E-state index in [4.69, 9.17) is 18.9 Å². The van der Waals surface area contributed by atoms with E-state index in [2.05, 4.69) is 6.92 Å². The molecule has 1 aromatic rings. The van der Waals surface area contributed by atoms with Gasteiger partial charge in [-0.3, -0.25) is 0 Å². The van der Waals surface area contributed by atoms with E-state index in [9.17, 15) is 13.6 Å². The maximum absolute atomic E-state index is 14.7. The molecule has 1 fully saturated rings. The van der Waals surface area contributed by atoms with Gasteiger partial charge in [0.15, 0.2) is 11.6 Å². The lowest BCUT2D eigenvalue weighted by atomic mass is 9.77. The molecule has 34 heavy (non-hydrogen) atoms. The third-order valence-electron chi connectivity index (χ3n) is 6.11. The minimum atomic E-state index is -0.923. The quantitative estimate of drug-likeness (QED) is 0.214.